The number of fused-ring (bicyclic) bond motifs is 1. The summed E-state index contributed by atoms with van der Waals surface area (Å²) < 4.78 is 14.8. The Bertz CT molecular complexity index is 872. The third-order valence-electron chi connectivity index (χ3n) is 4.22. The van der Waals surface area contributed by atoms with Gasteiger partial charge in [-0.15, -0.1) is 0 Å². The number of hydrogen-bond donors (Lipinski definition) is 0. The van der Waals surface area contributed by atoms with Gasteiger partial charge >= 0.3 is 0 Å². The lowest BCUT2D eigenvalue weighted by atomic mass is 10.1. The van der Waals surface area contributed by atoms with E-state index in [0.29, 0.717) is 31.0 Å². The van der Waals surface area contributed by atoms with Gasteiger partial charge in [-0.2, -0.15) is 5.10 Å². The zero-order valence-corrected chi connectivity index (χ0v) is 15.0. The largest absolute Gasteiger partial charge is 0.331 e. The summed E-state index contributed by atoms with van der Waals surface area (Å²) in [6, 6.07) is 17.9. The smallest absolute Gasteiger partial charge is 0.272 e. The number of nitrogens with zero attached hydrogens (tertiary/aromatic N) is 3. The average molecular weight is 351 g/mol. The van der Waals surface area contributed by atoms with Crippen molar-refractivity contribution in [2.24, 2.45) is 0 Å². The predicted molar refractivity (Wildman–Crippen MR) is 100 cm³/mol. The van der Waals surface area contributed by atoms with E-state index in [1.165, 1.54) is 12.1 Å². The summed E-state index contributed by atoms with van der Waals surface area (Å²) in [6.45, 7) is 5.89. The average Bonchev–Trinajstić information content (AvgIpc) is 3.12. The van der Waals surface area contributed by atoms with Crippen LogP contribution in [0.5, 0.6) is 0 Å². The number of hydrogen-bond acceptors (Lipinski definition) is 2. The molecule has 1 aromatic heterocycles. The molecular weight excluding hydrogens is 329 g/mol. The van der Waals surface area contributed by atoms with Gasteiger partial charge in [0.05, 0.1) is 12.2 Å². The van der Waals surface area contributed by atoms with Gasteiger partial charge in [0.15, 0.2) is 0 Å². The third-order valence-corrected chi connectivity index (χ3v) is 4.22. The summed E-state index contributed by atoms with van der Waals surface area (Å²) in [5.41, 5.74) is 3.19. The van der Waals surface area contributed by atoms with E-state index in [9.17, 15) is 9.18 Å². The van der Waals surface area contributed by atoms with Crippen LogP contribution in [-0.2, 0) is 13.1 Å². The van der Waals surface area contributed by atoms with Crippen LogP contribution in [0, 0.1) is 5.82 Å². The highest BCUT2D eigenvalue weighted by Gasteiger charge is 2.26. The number of benzene rings is 2. The van der Waals surface area contributed by atoms with Crippen molar-refractivity contribution in [3.63, 3.8) is 0 Å². The fourth-order valence-corrected chi connectivity index (χ4v) is 2.95. The Balaban J connectivity index is 0.000000948. The molecule has 0 N–H and O–H groups in total. The predicted octanol–water partition coefficient (Wildman–Crippen LogP) is 4.37. The molecule has 2 aromatic carbocycles. The van der Waals surface area contributed by atoms with Crippen molar-refractivity contribution in [2.45, 2.75) is 26.9 Å². The summed E-state index contributed by atoms with van der Waals surface area (Å²) in [5.74, 6) is -0.307. The Kier molecular flexibility index (Phi) is 5.46. The SMILES string of the molecule is CC.O=C1c2cc(-c3ccc(F)cc3)nn2CCN1Cc1ccccc1. The molecule has 4 rings (SSSR count). The maximum Gasteiger partial charge on any atom is 0.272 e. The summed E-state index contributed by atoms with van der Waals surface area (Å²) in [4.78, 5) is 14.6. The fourth-order valence-electron chi connectivity index (χ4n) is 2.95. The van der Waals surface area contributed by atoms with Gasteiger partial charge in [-0.3, -0.25) is 9.48 Å². The summed E-state index contributed by atoms with van der Waals surface area (Å²) in [5, 5.41) is 4.49. The van der Waals surface area contributed by atoms with Crippen molar-refractivity contribution in [1.82, 2.24) is 14.7 Å². The second-order valence-electron chi connectivity index (χ2n) is 5.86. The topological polar surface area (TPSA) is 38.1 Å². The van der Waals surface area contributed by atoms with Crippen LogP contribution in [0.3, 0.4) is 0 Å². The monoisotopic (exact) mass is 351 g/mol. The van der Waals surface area contributed by atoms with Gasteiger partial charge in [-0.1, -0.05) is 44.2 Å². The summed E-state index contributed by atoms with van der Waals surface area (Å²) in [6.07, 6.45) is 0. The Morgan fingerprint density at radius 1 is 1.00 bits per heavy atom. The first-order valence-corrected chi connectivity index (χ1v) is 8.88. The number of amides is 1. The summed E-state index contributed by atoms with van der Waals surface area (Å²) in [7, 11) is 0. The highest BCUT2D eigenvalue weighted by atomic mass is 19.1. The molecule has 0 atom stereocenters. The molecule has 0 saturated heterocycles. The van der Waals surface area contributed by atoms with Crippen molar-refractivity contribution >= 4 is 5.91 Å². The van der Waals surface area contributed by atoms with Crippen LogP contribution in [0.2, 0.25) is 0 Å². The molecule has 0 fully saturated rings. The fraction of sp³-hybridized carbons (Fsp3) is 0.238. The van der Waals surface area contributed by atoms with Gasteiger partial charge in [-0.05, 0) is 35.9 Å². The molecule has 134 valence electrons. The van der Waals surface area contributed by atoms with Gasteiger partial charge < -0.3 is 4.90 Å². The van der Waals surface area contributed by atoms with Crippen LogP contribution in [0.15, 0.2) is 60.7 Å². The number of aromatic nitrogens is 2. The van der Waals surface area contributed by atoms with E-state index >= 15 is 0 Å². The van der Waals surface area contributed by atoms with Crippen LogP contribution in [0.4, 0.5) is 4.39 Å². The van der Waals surface area contributed by atoms with E-state index in [1.807, 2.05) is 49.1 Å². The first-order chi connectivity index (χ1) is 12.7. The molecule has 4 nitrogen and oxygen atoms in total. The van der Waals surface area contributed by atoms with Crippen molar-refractivity contribution < 1.29 is 9.18 Å². The Morgan fingerprint density at radius 2 is 1.69 bits per heavy atom. The van der Waals surface area contributed by atoms with Crippen molar-refractivity contribution in [2.75, 3.05) is 6.54 Å². The molecule has 5 heteroatoms. The van der Waals surface area contributed by atoms with E-state index in [0.717, 1.165) is 11.1 Å². The lowest BCUT2D eigenvalue weighted by Crippen LogP contribution is -2.39. The molecule has 1 aliphatic rings. The number of carbonyl (C=O) groups is 1. The van der Waals surface area contributed by atoms with Gasteiger partial charge in [-0.25, -0.2) is 4.39 Å². The van der Waals surface area contributed by atoms with E-state index in [-0.39, 0.29) is 11.7 Å². The van der Waals surface area contributed by atoms with E-state index in [2.05, 4.69) is 5.10 Å². The van der Waals surface area contributed by atoms with Crippen LogP contribution >= 0.6 is 0 Å². The molecular formula is C21H22FN3O. The van der Waals surface area contributed by atoms with Crippen molar-refractivity contribution in [3.8, 4) is 11.3 Å². The Hall–Kier alpha value is -2.95. The minimum absolute atomic E-state index is 0.0223. The number of rotatable bonds is 3. The van der Waals surface area contributed by atoms with Crippen molar-refractivity contribution in [1.29, 1.82) is 0 Å². The molecule has 1 amide bonds. The van der Waals surface area contributed by atoms with Gasteiger partial charge in [0.2, 0.25) is 0 Å². The molecule has 26 heavy (non-hydrogen) atoms. The molecule has 0 unspecified atom stereocenters. The highest BCUT2D eigenvalue weighted by molar-refractivity contribution is 5.94. The molecule has 1 aliphatic heterocycles. The maximum atomic E-state index is 13.1. The molecule has 0 bridgehead atoms. The molecule has 0 radical (unpaired) electrons. The quantitative estimate of drug-likeness (QED) is 0.703. The first-order valence-electron chi connectivity index (χ1n) is 8.88. The zero-order chi connectivity index (χ0) is 18.5. The third kappa shape index (κ3) is 3.67. The van der Waals surface area contributed by atoms with E-state index in [4.69, 9.17) is 0 Å². The number of halogens is 1. The number of carbonyl (C=O) groups excluding carboxylic acids is 1. The molecule has 3 aromatic rings. The molecule has 0 saturated carbocycles. The second-order valence-corrected chi connectivity index (χ2v) is 5.86. The lowest BCUT2D eigenvalue weighted by molar-refractivity contribution is 0.0683. The first kappa shape index (κ1) is 17.9. The van der Waals surface area contributed by atoms with Gasteiger partial charge in [0, 0.05) is 18.7 Å². The molecule has 0 aliphatic carbocycles. The second kappa shape index (κ2) is 7.95. The summed E-state index contributed by atoms with van der Waals surface area (Å²) >= 11 is 0. The normalized spacial score (nSPS) is 13.0. The van der Waals surface area contributed by atoms with Crippen LogP contribution in [0.25, 0.3) is 11.3 Å². The minimum Gasteiger partial charge on any atom is -0.331 e. The minimum atomic E-state index is -0.284. The van der Waals surface area contributed by atoms with Crippen LogP contribution in [-0.4, -0.2) is 27.1 Å². The standard InChI is InChI=1S/C19H16FN3O.C2H6/c20-16-8-6-15(7-9-16)17-12-18-19(24)22(10-11-23(18)21-17)13-14-4-2-1-3-5-14;1-2/h1-9,12H,10-11,13H2;1-2H3. The molecule has 0 spiro atoms. The van der Waals surface area contributed by atoms with Gasteiger partial charge in [0.25, 0.3) is 5.91 Å². The van der Waals surface area contributed by atoms with Gasteiger partial charge in [0.1, 0.15) is 11.5 Å². The zero-order valence-electron chi connectivity index (χ0n) is 15.0. The highest BCUT2D eigenvalue weighted by Crippen LogP contribution is 2.23. The van der Waals surface area contributed by atoms with Crippen LogP contribution in [0.1, 0.15) is 29.9 Å². The van der Waals surface area contributed by atoms with E-state index in [1.54, 1.807) is 22.9 Å². The molecule has 2 heterocycles. The Morgan fingerprint density at radius 3 is 2.38 bits per heavy atom. The van der Waals surface area contributed by atoms with Crippen molar-refractivity contribution in [3.05, 3.63) is 77.7 Å². The maximum absolute atomic E-state index is 13.1. The van der Waals surface area contributed by atoms with Crippen LogP contribution < -0.4 is 0 Å². The lowest BCUT2D eigenvalue weighted by Gasteiger charge is -2.27. The van der Waals surface area contributed by atoms with E-state index < -0.39 is 0 Å². The Labute approximate surface area is 152 Å².